The number of para-hydroxylation sites is 2. The molecule has 0 radical (unpaired) electrons. The molecule has 1 amide bonds. The summed E-state index contributed by atoms with van der Waals surface area (Å²) in [5, 5.41) is 4.75. The van der Waals surface area contributed by atoms with Crippen molar-refractivity contribution in [3.63, 3.8) is 0 Å². The van der Waals surface area contributed by atoms with Crippen molar-refractivity contribution in [2.75, 3.05) is 5.75 Å². The van der Waals surface area contributed by atoms with Crippen molar-refractivity contribution >= 4 is 41.0 Å². The molecule has 25 heavy (non-hydrogen) atoms. The third-order valence-corrected chi connectivity index (χ3v) is 4.48. The molecule has 0 aliphatic heterocycles. The molecule has 0 unspecified atom stereocenters. The van der Waals surface area contributed by atoms with E-state index >= 15 is 0 Å². The fraction of sp³-hybridized carbons (Fsp3) is 0.167. The molecule has 6 nitrogen and oxygen atoms in total. The molecule has 0 saturated carbocycles. The second kappa shape index (κ2) is 7.85. The summed E-state index contributed by atoms with van der Waals surface area (Å²) in [7, 11) is 1.94. The van der Waals surface area contributed by atoms with Crippen molar-refractivity contribution in [2.45, 2.75) is 12.1 Å². The van der Waals surface area contributed by atoms with Crippen LogP contribution < -0.4 is 5.43 Å². The van der Waals surface area contributed by atoms with E-state index in [1.54, 1.807) is 12.5 Å². The van der Waals surface area contributed by atoms with Gasteiger partial charge >= 0.3 is 0 Å². The van der Waals surface area contributed by atoms with Crippen LogP contribution >= 0.6 is 11.8 Å². The van der Waals surface area contributed by atoms with E-state index in [1.165, 1.54) is 11.8 Å². The number of aryl methyl sites for hydroxylation is 1. The van der Waals surface area contributed by atoms with Gasteiger partial charge < -0.3 is 8.98 Å². The lowest BCUT2D eigenvalue weighted by Gasteiger charge is -2.01. The molecule has 2 heterocycles. The van der Waals surface area contributed by atoms with E-state index in [0.29, 0.717) is 0 Å². The van der Waals surface area contributed by atoms with Crippen molar-refractivity contribution in [1.82, 2.24) is 15.0 Å². The molecule has 3 rings (SSSR count). The molecule has 0 fully saturated rings. The van der Waals surface area contributed by atoms with Crippen LogP contribution in [0.3, 0.4) is 0 Å². The van der Waals surface area contributed by atoms with Crippen LogP contribution in [0.15, 0.2) is 62.9 Å². The van der Waals surface area contributed by atoms with E-state index in [-0.39, 0.29) is 11.7 Å². The maximum Gasteiger partial charge on any atom is 0.250 e. The fourth-order valence-corrected chi connectivity index (χ4v) is 3.04. The summed E-state index contributed by atoms with van der Waals surface area (Å²) in [5.41, 5.74) is 5.36. The minimum absolute atomic E-state index is 0.181. The fourth-order valence-electron chi connectivity index (χ4n) is 2.26. The number of imidazole rings is 1. The maximum absolute atomic E-state index is 11.9. The standard InChI is InChI=1S/C18H18N4O2S/c1-13(10-14-6-5-9-24-14)11-19-21-17(23)12-25-18-20-15-7-3-4-8-16(15)22(18)2/h3-11H,12H2,1-2H3,(H,21,23)/b13-10+,19-11?. The third kappa shape index (κ3) is 4.39. The first-order valence-electron chi connectivity index (χ1n) is 7.71. The molecule has 1 N–H and O–H groups in total. The maximum atomic E-state index is 11.9. The monoisotopic (exact) mass is 354 g/mol. The largest absolute Gasteiger partial charge is 0.465 e. The number of amides is 1. The summed E-state index contributed by atoms with van der Waals surface area (Å²) in [6.45, 7) is 1.88. The Balaban J connectivity index is 1.52. The summed E-state index contributed by atoms with van der Waals surface area (Å²) in [4.78, 5) is 16.4. The Morgan fingerprint density at radius 3 is 2.96 bits per heavy atom. The van der Waals surface area contributed by atoms with Crippen LogP contribution in [0.5, 0.6) is 0 Å². The number of thioether (sulfide) groups is 1. The molecule has 0 bridgehead atoms. The zero-order valence-corrected chi connectivity index (χ0v) is 14.8. The second-order valence-electron chi connectivity index (χ2n) is 5.43. The number of carbonyl (C=O) groups excluding carboxylic acids is 1. The van der Waals surface area contributed by atoms with Crippen molar-refractivity contribution in [3.8, 4) is 0 Å². The minimum Gasteiger partial charge on any atom is -0.465 e. The Hall–Kier alpha value is -2.80. The molecule has 1 aromatic carbocycles. The summed E-state index contributed by atoms with van der Waals surface area (Å²) >= 11 is 1.38. The Labute approximate surface area is 149 Å². The Morgan fingerprint density at radius 1 is 1.36 bits per heavy atom. The van der Waals surface area contributed by atoms with Crippen LogP contribution in [0.25, 0.3) is 17.1 Å². The van der Waals surface area contributed by atoms with E-state index < -0.39 is 0 Å². The minimum atomic E-state index is -0.181. The van der Waals surface area contributed by atoms with E-state index in [4.69, 9.17) is 4.42 Å². The number of allylic oxidation sites excluding steroid dienone is 1. The van der Waals surface area contributed by atoms with Gasteiger partial charge in [-0.1, -0.05) is 23.9 Å². The van der Waals surface area contributed by atoms with Gasteiger partial charge in [-0.3, -0.25) is 4.79 Å². The first-order chi connectivity index (χ1) is 12.1. The quantitative estimate of drug-likeness (QED) is 0.418. The Kier molecular flexibility index (Phi) is 5.35. The number of hydrogen-bond donors (Lipinski definition) is 1. The molecule has 7 heteroatoms. The summed E-state index contributed by atoms with van der Waals surface area (Å²) in [6.07, 6.45) is 5.03. The first kappa shape index (κ1) is 17.0. The summed E-state index contributed by atoms with van der Waals surface area (Å²) in [5.74, 6) is 0.807. The number of nitrogens with one attached hydrogen (secondary N) is 1. The van der Waals surface area contributed by atoms with Crippen molar-refractivity contribution < 1.29 is 9.21 Å². The number of nitrogens with zero attached hydrogens (tertiary/aromatic N) is 3. The van der Waals surface area contributed by atoms with Crippen LogP contribution in [0.4, 0.5) is 0 Å². The number of furan rings is 1. The van der Waals surface area contributed by atoms with Crippen LogP contribution in [0.1, 0.15) is 12.7 Å². The van der Waals surface area contributed by atoms with Crippen LogP contribution in [0.2, 0.25) is 0 Å². The number of fused-ring (bicyclic) bond motifs is 1. The predicted molar refractivity (Wildman–Crippen MR) is 100 cm³/mol. The summed E-state index contributed by atoms with van der Waals surface area (Å²) in [6, 6.07) is 11.5. The lowest BCUT2D eigenvalue weighted by atomic mass is 10.3. The highest BCUT2D eigenvalue weighted by atomic mass is 32.2. The average molecular weight is 354 g/mol. The molecule has 128 valence electrons. The normalized spacial score (nSPS) is 12.2. The van der Waals surface area contributed by atoms with Gasteiger partial charge in [-0.2, -0.15) is 5.10 Å². The smallest absolute Gasteiger partial charge is 0.250 e. The number of aromatic nitrogens is 2. The number of hydrazone groups is 1. The number of rotatable bonds is 6. The second-order valence-corrected chi connectivity index (χ2v) is 6.37. The number of hydrogen-bond acceptors (Lipinski definition) is 5. The van der Waals surface area contributed by atoms with Crippen LogP contribution in [0, 0.1) is 0 Å². The molecule has 0 aliphatic rings. The van der Waals surface area contributed by atoms with Crippen LogP contribution in [-0.2, 0) is 11.8 Å². The van der Waals surface area contributed by atoms with Gasteiger partial charge in [-0.15, -0.1) is 0 Å². The van der Waals surface area contributed by atoms with Crippen molar-refractivity contribution in [3.05, 3.63) is 54.0 Å². The Morgan fingerprint density at radius 2 is 2.20 bits per heavy atom. The molecule has 0 saturated heterocycles. The van der Waals surface area contributed by atoms with E-state index in [1.807, 2.05) is 61.0 Å². The van der Waals surface area contributed by atoms with Gasteiger partial charge in [-0.05, 0) is 42.8 Å². The van der Waals surface area contributed by atoms with Gasteiger partial charge in [0.15, 0.2) is 5.16 Å². The van der Waals surface area contributed by atoms with Crippen molar-refractivity contribution in [1.29, 1.82) is 0 Å². The molecule has 3 aromatic rings. The van der Waals surface area contributed by atoms with Gasteiger partial charge in [-0.25, -0.2) is 10.4 Å². The highest BCUT2D eigenvalue weighted by Crippen LogP contribution is 2.22. The van der Waals surface area contributed by atoms with Gasteiger partial charge in [0.05, 0.1) is 29.3 Å². The highest BCUT2D eigenvalue weighted by molar-refractivity contribution is 7.99. The topological polar surface area (TPSA) is 72.4 Å². The Bertz CT molecular complexity index is 926. The molecule has 0 spiro atoms. The lowest BCUT2D eigenvalue weighted by molar-refractivity contribution is -0.118. The van der Waals surface area contributed by atoms with E-state index in [2.05, 4.69) is 15.5 Å². The number of carbonyl (C=O) groups is 1. The van der Waals surface area contributed by atoms with Crippen LogP contribution in [-0.4, -0.2) is 27.4 Å². The lowest BCUT2D eigenvalue weighted by Crippen LogP contribution is -2.19. The SMILES string of the molecule is C/C(C=NNC(=O)CSc1nc2ccccc2n1C)=C\c1ccco1. The molecule has 2 aromatic heterocycles. The molecular weight excluding hydrogens is 336 g/mol. The average Bonchev–Trinajstić information content (AvgIpc) is 3.21. The van der Waals surface area contributed by atoms with Gasteiger partial charge in [0, 0.05) is 7.05 Å². The molecular formula is C18H18N4O2S. The molecule has 0 atom stereocenters. The van der Waals surface area contributed by atoms with E-state index in [9.17, 15) is 4.79 Å². The molecule has 0 aliphatic carbocycles. The van der Waals surface area contributed by atoms with E-state index in [0.717, 1.165) is 27.5 Å². The van der Waals surface area contributed by atoms with Gasteiger partial charge in [0.1, 0.15) is 5.76 Å². The summed E-state index contributed by atoms with van der Waals surface area (Å²) < 4.78 is 7.20. The zero-order chi connectivity index (χ0) is 17.6. The first-order valence-corrected chi connectivity index (χ1v) is 8.70. The van der Waals surface area contributed by atoms with Crippen molar-refractivity contribution in [2.24, 2.45) is 12.1 Å². The zero-order valence-electron chi connectivity index (χ0n) is 14.0. The van der Waals surface area contributed by atoms with Gasteiger partial charge in [0.25, 0.3) is 5.91 Å². The predicted octanol–water partition coefficient (Wildman–Crippen LogP) is 3.46. The number of benzene rings is 1. The third-order valence-electron chi connectivity index (χ3n) is 3.45. The van der Waals surface area contributed by atoms with Gasteiger partial charge in [0.2, 0.25) is 0 Å². The highest BCUT2D eigenvalue weighted by Gasteiger charge is 2.09.